The van der Waals surface area contributed by atoms with E-state index in [1.54, 1.807) is 0 Å². The minimum absolute atomic E-state index is 0.0958. The number of rotatable bonds is 3. The molecule has 0 aromatic heterocycles. The van der Waals surface area contributed by atoms with E-state index >= 15 is 0 Å². The molecule has 0 saturated carbocycles. The van der Waals surface area contributed by atoms with Crippen molar-refractivity contribution in [3.8, 4) is 0 Å². The summed E-state index contributed by atoms with van der Waals surface area (Å²) >= 11 is 0. The van der Waals surface area contributed by atoms with Crippen molar-refractivity contribution in [3.05, 3.63) is 34.9 Å². The first kappa shape index (κ1) is 11.9. The number of hydrogen-bond acceptors (Lipinski definition) is 2. The van der Waals surface area contributed by atoms with Crippen molar-refractivity contribution in [2.24, 2.45) is 0 Å². The van der Waals surface area contributed by atoms with Crippen LogP contribution in [0.2, 0.25) is 0 Å². The van der Waals surface area contributed by atoms with Crippen LogP contribution in [-0.4, -0.2) is 18.7 Å². The van der Waals surface area contributed by atoms with Gasteiger partial charge in [0, 0.05) is 12.1 Å². The average Bonchev–Trinajstić information content (AvgIpc) is 2.20. The van der Waals surface area contributed by atoms with Crippen molar-refractivity contribution in [3.63, 3.8) is 0 Å². The molecule has 0 bridgehead atoms. The second kappa shape index (κ2) is 4.59. The molecule has 0 aliphatic rings. The van der Waals surface area contributed by atoms with E-state index in [0.717, 1.165) is 0 Å². The topological polar surface area (TPSA) is 32.3 Å². The van der Waals surface area contributed by atoms with Crippen LogP contribution in [0.15, 0.2) is 6.07 Å². The van der Waals surface area contributed by atoms with Crippen LogP contribution in [0.4, 0.5) is 17.6 Å². The maximum absolute atomic E-state index is 13.0. The molecule has 0 amide bonds. The third-order valence-electron chi connectivity index (χ3n) is 1.89. The Hall–Kier alpha value is -1.14. The molecule has 2 nitrogen and oxygen atoms in total. The van der Waals surface area contributed by atoms with Gasteiger partial charge in [-0.3, -0.25) is 0 Å². The molecule has 1 unspecified atom stereocenters. The van der Waals surface area contributed by atoms with Gasteiger partial charge in [-0.2, -0.15) is 0 Å². The van der Waals surface area contributed by atoms with Crippen molar-refractivity contribution in [2.45, 2.75) is 6.10 Å². The van der Waals surface area contributed by atoms with Crippen LogP contribution >= 0.6 is 0 Å². The van der Waals surface area contributed by atoms with Crippen LogP contribution in [0.3, 0.4) is 0 Å². The van der Waals surface area contributed by atoms with Crippen LogP contribution in [-0.2, 0) is 0 Å². The molecular formula is C9H9F4NO. The number of halogens is 4. The highest BCUT2D eigenvalue weighted by atomic mass is 19.2. The van der Waals surface area contributed by atoms with Gasteiger partial charge in [0.1, 0.15) is 0 Å². The molecule has 2 N–H and O–H groups in total. The summed E-state index contributed by atoms with van der Waals surface area (Å²) in [6, 6.07) is 0.440. The lowest BCUT2D eigenvalue weighted by Crippen LogP contribution is -2.18. The highest BCUT2D eigenvalue weighted by Crippen LogP contribution is 2.23. The van der Waals surface area contributed by atoms with Gasteiger partial charge < -0.3 is 10.4 Å². The van der Waals surface area contributed by atoms with Crippen molar-refractivity contribution in [1.29, 1.82) is 0 Å². The smallest absolute Gasteiger partial charge is 0.197 e. The maximum Gasteiger partial charge on any atom is 0.197 e. The number of nitrogens with one attached hydrogen (secondary N) is 1. The lowest BCUT2D eigenvalue weighted by molar-refractivity contribution is 0.170. The van der Waals surface area contributed by atoms with Gasteiger partial charge in [0.2, 0.25) is 0 Å². The first-order chi connectivity index (χ1) is 6.99. The summed E-state index contributed by atoms with van der Waals surface area (Å²) in [6.45, 7) is -0.0958. The Morgan fingerprint density at radius 2 is 1.80 bits per heavy atom. The molecule has 1 atom stereocenters. The van der Waals surface area contributed by atoms with Gasteiger partial charge in [0.15, 0.2) is 23.3 Å². The van der Waals surface area contributed by atoms with Crippen LogP contribution < -0.4 is 5.32 Å². The monoisotopic (exact) mass is 223 g/mol. The summed E-state index contributed by atoms with van der Waals surface area (Å²) in [7, 11) is 1.47. The molecule has 1 rings (SSSR count). The molecule has 6 heteroatoms. The highest BCUT2D eigenvalue weighted by Gasteiger charge is 2.22. The van der Waals surface area contributed by atoms with E-state index in [0.29, 0.717) is 6.07 Å². The molecule has 0 heterocycles. The van der Waals surface area contributed by atoms with Gasteiger partial charge in [-0.05, 0) is 13.1 Å². The zero-order valence-corrected chi connectivity index (χ0v) is 7.82. The molecule has 1 aromatic carbocycles. The minimum Gasteiger partial charge on any atom is -0.387 e. The molecule has 0 radical (unpaired) electrons. The first-order valence-corrected chi connectivity index (χ1v) is 4.14. The van der Waals surface area contributed by atoms with Crippen LogP contribution in [0.25, 0.3) is 0 Å². The van der Waals surface area contributed by atoms with Crippen molar-refractivity contribution in [2.75, 3.05) is 13.6 Å². The summed E-state index contributed by atoms with van der Waals surface area (Å²) < 4.78 is 51.0. The van der Waals surface area contributed by atoms with Crippen LogP contribution in [0.5, 0.6) is 0 Å². The van der Waals surface area contributed by atoms with Gasteiger partial charge in [0.25, 0.3) is 0 Å². The van der Waals surface area contributed by atoms with Crippen molar-refractivity contribution < 1.29 is 22.7 Å². The van der Waals surface area contributed by atoms with Gasteiger partial charge in [-0.1, -0.05) is 0 Å². The van der Waals surface area contributed by atoms with Gasteiger partial charge in [-0.25, -0.2) is 17.6 Å². The quantitative estimate of drug-likeness (QED) is 0.462. The number of likely N-dealkylation sites (N-methyl/N-ethyl adjacent to an activating group) is 1. The van der Waals surface area contributed by atoms with Crippen LogP contribution in [0.1, 0.15) is 11.7 Å². The van der Waals surface area contributed by atoms with E-state index in [2.05, 4.69) is 5.32 Å². The summed E-state index contributed by atoms with van der Waals surface area (Å²) in [5.74, 6) is -6.90. The largest absolute Gasteiger partial charge is 0.387 e. The van der Waals surface area contributed by atoms with Crippen LogP contribution in [0, 0.1) is 23.3 Å². The van der Waals surface area contributed by atoms with Crippen molar-refractivity contribution >= 4 is 0 Å². The third kappa shape index (κ3) is 2.27. The Labute approximate surface area is 83.5 Å². The van der Waals surface area contributed by atoms with E-state index in [1.165, 1.54) is 7.05 Å². The minimum atomic E-state index is -1.92. The maximum atomic E-state index is 13.0. The summed E-state index contributed by atoms with van der Waals surface area (Å²) in [5.41, 5.74) is -0.610. The van der Waals surface area contributed by atoms with E-state index in [4.69, 9.17) is 0 Å². The normalized spacial score (nSPS) is 12.9. The highest BCUT2D eigenvalue weighted by molar-refractivity contribution is 5.24. The molecule has 0 aliphatic carbocycles. The zero-order chi connectivity index (χ0) is 11.6. The summed E-state index contributed by atoms with van der Waals surface area (Å²) in [4.78, 5) is 0. The van der Waals surface area contributed by atoms with E-state index in [1.807, 2.05) is 0 Å². The molecule has 1 aromatic rings. The number of aliphatic hydroxyl groups excluding tert-OH is 1. The molecule has 0 aliphatic heterocycles. The number of hydrogen-bond donors (Lipinski definition) is 2. The Morgan fingerprint density at radius 3 is 2.33 bits per heavy atom. The molecule has 84 valence electrons. The molecule has 0 saturated heterocycles. The van der Waals surface area contributed by atoms with E-state index in [9.17, 15) is 22.7 Å². The van der Waals surface area contributed by atoms with E-state index < -0.39 is 34.9 Å². The molecular weight excluding hydrogens is 214 g/mol. The SMILES string of the molecule is CNCC(O)c1cc(F)c(F)c(F)c1F. The summed E-state index contributed by atoms with van der Waals surface area (Å²) in [6.07, 6.45) is -1.43. The molecule has 0 spiro atoms. The van der Waals surface area contributed by atoms with Gasteiger partial charge >= 0.3 is 0 Å². The predicted molar refractivity (Wildman–Crippen MR) is 45.2 cm³/mol. The Bertz CT molecular complexity index is 370. The number of benzene rings is 1. The molecule has 15 heavy (non-hydrogen) atoms. The Balaban J connectivity index is 3.19. The second-order valence-electron chi connectivity index (χ2n) is 2.96. The fourth-order valence-electron chi connectivity index (χ4n) is 1.14. The lowest BCUT2D eigenvalue weighted by Gasteiger charge is -2.12. The van der Waals surface area contributed by atoms with E-state index in [-0.39, 0.29) is 6.54 Å². The molecule has 0 fully saturated rings. The fraction of sp³-hybridized carbons (Fsp3) is 0.333. The first-order valence-electron chi connectivity index (χ1n) is 4.14. The van der Waals surface area contributed by atoms with Gasteiger partial charge in [-0.15, -0.1) is 0 Å². The predicted octanol–water partition coefficient (Wildman–Crippen LogP) is 1.50. The second-order valence-corrected chi connectivity index (χ2v) is 2.96. The Morgan fingerprint density at radius 1 is 1.20 bits per heavy atom. The fourth-order valence-corrected chi connectivity index (χ4v) is 1.14. The van der Waals surface area contributed by atoms with Crippen molar-refractivity contribution in [1.82, 2.24) is 5.32 Å². The van der Waals surface area contributed by atoms with Gasteiger partial charge in [0.05, 0.1) is 6.10 Å². The Kier molecular flexibility index (Phi) is 3.65. The number of aliphatic hydroxyl groups is 1. The summed E-state index contributed by atoms with van der Waals surface area (Å²) in [5, 5.41) is 11.8. The lowest BCUT2D eigenvalue weighted by atomic mass is 10.1. The third-order valence-corrected chi connectivity index (χ3v) is 1.89. The average molecular weight is 223 g/mol. The standard InChI is InChI=1S/C9H9F4NO/c1-14-3-6(15)4-2-5(10)8(12)9(13)7(4)11/h2,6,14-15H,3H2,1H3. The zero-order valence-electron chi connectivity index (χ0n) is 7.82.